The second kappa shape index (κ2) is 12.4. The molecule has 2 aromatic rings. The summed E-state index contributed by atoms with van der Waals surface area (Å²) >= 11 is 0. The first-order valence-electron chi connectivity index (χ1n) is 11.9. The monoisotopic (exact) mass is 469 g/mol. The van der Waals surface area contributed by atoms with Gasteiger partial charge in [0.1, 0.15) is 5.69 Å². The highest BCUT2D eigenvalue weighted by Gasteiger charge is 2.23. The van der Waals surface area contributed by atoms with Gasteiger partial charge >= 0.3 is 0 Å². The van der Waals surface area contributed by atoms with Crippen molar-refractivity contribution in [2.24, 2.45) is 5.92 Å². The first kappa shape index (κ1) is 25.6. The van der Waals surface area contributed by atoms with Crippen LogP contribution in [-0.2, 0) is 22.6 Å². The molecule has 1 N–H and O–H groups in total. The fourth-order valence-electron chi connectivity index (χ4n) is 4.00. The molecule has 0 saturated carbocycles. The van der Waals surface area contributed by atoms with E-state index in [-0.39, 0.29) is 35.5 Å². The van der Waals surface area contributed by atoms with Crippen molar-refractivity contribution in [3.05, 3.63) is 58.0 Å². The number of methoxy groups -OCH3 is 1. The molecule has 0 saturated heterocycles. The van der Waals surface area contributed by atoms with Crippen LogP contribution in [0.5, 0.6) is 0 Å². The standard InChI is InChI=1S/C25H35N5O4/c1-19(2)17-24(32)29-13-6-12-28(14-11-26-18-20-7-4-5-8-22(20)29)25(33)21-9-10-23(31)30(27-21)15-16-34-3/h4-5,7-10,19,26H,6,11-18H2,1-3H3. The van der Waals surface area contributed by atoms with Crippen molar-refractivity contribution >= 4 is 17.5 Å². The summed E-state index contributed by atoms with van der Waals surface area (Å²) in [5, 5.41) is 7.66. The normalized spacial score (nSPS) is 15.1. The van der Waals surface area contributed by atoms with Crippen LogP contribution in [0.1, 0.15) is 42.7 Å². The van der Waals surface area contributed by atoms with Gasteiger partial charge in [-0.2, -0.15) is 5.10 Å². The molecule has 184 valence electrons. The van der Waals surface area contributed by atoms with E-state index in [9.17, 15) is 14.4 Å². The second-order valence-electron chi connectivity index (χ2n) is 8.87. The van der Waals surface area contributed by atoms with E-state index in [1.807, 2.05) is 43.0 Å². The van der Waals surface area contributed by atoms with Crippen LogP contribution < -0.4 is 15.8 Å². The van der Waals surface area contributed by atoms with Gasteiger partial charge in [-0.1, -0.05) is 32.0 Å². The summed E-state index contributed by atoms with van der Waals surface area (Å²) in [7, 11) is 1.55. The van der Waals surface area contributed by atoms with Gasteiger partial charge in [0, 0.05) is 58.0 Å². The maximum atomic E-state index is 13.3. The van der Waals surface area contributed by atoms with Gasteiger partial charge < -0.3 is 19.9 Å². The second-order valence-corrected chi connectivity index (χ2v) is 8.87. The Bertz CT molecular complexity index is 1040. The maximum absolute atomic E-state index is 13.3. The number of ether oxygens (including phenoxy) is 1. The predicted octanol–water partition coefficient (Wildman–Crippen LogP) is 1.90. The number of carbonyl (C=O) groups is 2. The zero-order valence-corrected chi connectivity index (χ0v) is 20.3. The van der Waals surface area contributed by atoms with E-state index in [0.717, 1.165) is 11.3 Å². The van der Waals surface area contributed by atoms with Crippen molar-refractivity contribution in [3.8, 4) is 0 Å². The third-order valence-electron chi connectivity index (χ3n) is 5.73. The third-order valence-corrected chi connectivity index (χ3v) is 5.73. The Morgan fingerprint density at radius 1 is 1.12 bits per heavy atom. The van der Waals surface area contributed by atoms with Crippen LogP contribution in [0.2, 0.25) is 0 Å². The molecule has 34 heavy (non-hydrogen) atoms. The number of anilines is 1. The molecule has 3 rings (SSSR count). The molecule has 0 radical (unpaired) electrons. The van der Waals surface area contributed by atoms with Crippen molar-refractivity contribution in [2.45, 2.75) is 39.8 Å². The Hall–Kier alpha value is -3.04. The Morgan fingerprint density at radius 2 is 1.91 bits per heavy atom. The average Bonchev–Trinajstić information content (AvgIpc) is 2.86. The van der Waals surface area contributed by atoms with Crippen molar-refractivity contribution in [3.63, 3.8) is 0 Å². The zero-order chi connectivity index (χ0) is 24.5. The Labute approximate surface area is 200 Å². The fourth-order valence-corrected chi connectivity index (χ4v) is 4.00. The first-order valence-corrected chi connectivity index (χ1v) is 11.9. The summed E-state index contributed by atoms with van der Waals surface area (Å²) in [4.78, 5) is 42.0. The van der Waals surface area contributed by atoms with Crippen LogP contribution in [0.25, 0.3) is 0 Å². The van der Waals surface area contributed by atoms with Gasteiger partial charge in [-0.3, -0.25) is 14.4 Å². The SMILES string of the molecule is COCCn1nc(C(=O)N2CCCN(C(=O)CC(C)C)c3ccccc3CNCC2)ccc1=O. The number of para-hydroxylation sites is 1. The largest absolute Gasteiger partial charge is 0.383 e. The molecule has 1 aliphatic heterocycles. The van der Waals surface area contributed by atoms with Gasteiger partial charge in [0.15, 0.2) is 0 Å². The molecular weight excluding hydrogens is 434 g/mol. The van der Waals surface area contributed by atoms with Gasteiger partial charge in [0.2, 0.25) is 5.91 Å². The minimum atomic E-state index is -0.273. The van der Waals surface area contributed by atoms with E-state index in [1.165, 1.54) is 16.8 Å². The summed E-state index contributed by atoms with van der Waals surface area (Å²) in [6.45, 7) is 7.39. The van der Waals surface area contributed by atoms with E-state index in [1.54, 1.807) is 12.0 Å². The molecule has 0 bridgehead atoms. The average molecular weight is 470 g/mol. The highest BCUT2D eigenvalue weighted by atomic mass is 16.5. The van der Waals surface area contributed by atoms with E-state index in [0.29, 0.717) is 52.2 Å². The van der Waals surface area contributed by atoms with Gasteiger partial charge in [-0.15, -0.1) is 0 Å². The number of hydrogen-bond donors (Lipinski definition) is 1. The molecule has 1 aliphatic rings. The summed E-state index contributed by atoms with van der Waals surface area (Å²) in [5.41, 5.74) is 1.94. The van der Waals surface area contributed by atoms with Crippen LogP contribution in [0, 0.1) is 5.92 Å². The molecule has 0 aliphatic carbocycles. The first-order chi connectivity index (χ1) is 16.4. The van der Waals surface area contributed by atoms with Crippen molar-refractivity contribution in [1.29, 1.82) is 0 Å². The topological polar surface area (TPSA) is 96.8 Å². The number of fused-ring (bicyclic) bond motifs is 1. The number of amides is 2. The maximum Gasteiger partial charge on any atom is 0.274 e. The predicted molar refractivity (Wildman–Crippen MR) is 131 cm³/mol. The lowest BCUT2D eigenvalue weighted by Crippen LogP contribution is -2.40. The summed E-state index contributed by atoms with van der Waals surface area (Å²) < 4.78 is 6.28. The Kier molecular flexibility index (Phi) is 9.35. The number of benzene rings is 1. The molecular formula is C25H35N5O4. The summed E-state index contributed by atoms with van der Waals surface area (Å²) in [5.74, 6) is 0.116. The highest BCUT2D eigenvalue weighted by molar-refractivity contribution is 5.94. The quantitative estimate of drug-likeness (QED) is 0.694. The van der Waals surface area contributed by atoms with Gasteiger partial charge in [-0.25, -0.2) is 4.68 Å². The Morgan fingerprint density at radius 3 is 2.68 bits per heavy atom. The lowest BCUT2D eigenvalue weighted by molar-refractivity contribution is -0.119. The lowest BCUT2D eigenvalue weighted by Gasteiger charge is -2.27. The van der Waals surface area contributed by atoms with E-state index < -0.39 is 0 Å². The van der Waals surface area contributed by atoms with Gasteiger partial charge in [0.05, 0.1) is 13.2 Å². The molecule has 0 spiro atoms. The number of aromatic nitrogens is 2. The van der Waals surface area contributed by atoms with E-state index >= 15 is 0 Å². The smallest absolute Gasteiger partial charge is 0.274 e. The molecule has 0 fully saturated rings. The fraction of sp³-hybridized carbons (Fsp3) is 0.520. The van der Waals surface area contributed by atoms with Crippen LogP contribution in [0.4, 0.5) is 5.69 Å². The van der Waals surface area contributed by atoms with E-state index in [4.69, 9.17) is 4.74 Å². The summed E-state index contributed by atoms with van der Waals surface area (Å²) in [6, 6.07) is 10.8. The van der Waals surface area contributed by atoms with Crippen molar-refractivity contribution in [2.75, 3.05) is 44.8 Å². The number of hydrogen-bond acceptors (Lipinski definition) is 6. The van der Waals surface area contributed by atoms with Gasteiger partial charge in [-0.05, 0) is 30.0 Å². The number of rotatable bonds is 6. The van der Waals surface area contributed by atoms with Crippen LogP contribution in [0.15, 0.2) is 41.2 Å². The third kappa shape index (κ3) is 6.74. The van der Waals surface area contributed by atoms with Crippen LogP contribution in [-0.4, -0.2) is 66.4 Å². The van der Waals surface area contributed by atoms with Gasteiger partial charge in [0.25, 0.3) is 11.5 Å². The Balaban J connectivity index is 1.80. The van der Waals surface area contributed by atoms with E-state index in [2.05, 4.69) is 10.4 Å². The number of nitrogens with zero attached hydrogens (tertiary/aromatic N) is 4. The van der Waals surface area contributed by atoms with Crippen LogP contribution >= 0.6 is 0 Å². The highest BCUT2D eigenvalue weighted by Crippen LogP contribution is 2.23. The molecule has 1 aromatic heterocycles. The number of nitrogens with one attached hydrogen (secondary N) is 1. The zero-order valence-electron chi connectivity index (χ0n) is 20.3. The van der Waals surface area contributed by atoms with Crippen molar-refractivity contribution < 1.29 is 14.3 Å². The van der Waals surface area contributed by atoms with Crippen molar-refractivity contribution in [1.82, 2.24) is 20.0 Å². The molecule has 9 heteroatoms. The minimum Gasteiger partial charge on any atom is -0.383 e. The molecule has 9 nitrogen and oxygen atoms in total. The molecule has 2 amide bonds. The molecule has 2 heterocycles. The lowest BCUT2D eigenvalue weighted by atomic mass is 10.1. The van der Waals surface area contributed by atoms with Crippen LogP contribution in [0.3, 0.4) is 0 Å². The molecule has 0 unspecified atom stereocenters. The minimum absolute atomic E-state index is 0.0893. The number of carbonyl (C=O) groups excluding carboxylic acids is 2. The summed E-state index contributed by atoms with van der Waals surface area (Å²) in [6.07, 6.45) is 1.10. The molecule has 0 atom stereocenters. The molecule has 1 aromatic carbocycles.